The number of nitrogens with zero attached hydrogens (tertiary/aromatic N) is 1. The predicted molar refractivity (Wildman–Crippen MR) is 122 cm³/mol. The zero-order valence-electron chi connectivity index (χ0n) is 17.4. The lowest BCUT2D eigenvalue weighted by molar-refractivity contribution is 0.116. The number of rotatable bonds is 3. The van der Waals surface area contributed by atoms with Crippen LogP contribution in [0.1, 0.15) is 65.5 Å². The molecule has 2 atom stereocenters. The number of aliphatic hydroxyl groups is 1. The molecule has 0 radical (unpaired) electrons. The first-order valence-electron chi connectivity index (χ1n) is 10.9. The molecule has 1 saturated heterocycles. The Morgan fingerprint density at radius 1 is 0.931 bits per heavy atom. The Balaban J connectivity index is 1.38. The number of likely N-dealkylation sites (tertiary alicyclic amines) is 1. The van der Waals surface area contributed by atoms with Gasteiger partial charge in [-0.1, -0.05) is 41.4 Å². The summed E-state index contributed by atoms with van der Waals surface area (Å²) in [5.74, 6) is 0.985. The molecule has 4 rings (SSSR count). The summed E-state index contributed by atoms with van der Waals surface area (Å²) in [6, 6.07) is 10.2. The van der Waals surface area contributed by atoms with E-state index in [9.17, 15) is 5.11 Å². The molecule has 1 aliphatic carbocycles. The second kappa shape index (κ2) is 8.98. The number of hydrogen-bond acceptors (Lipinski definition) is 2. The molecule has 1 N–H and O–H groups in total. The SMILES string of the molecule is Cc1ccc(C)c2c1CCC(CN1CCC(c3c(Cl)cccc3Cl)CC1)CC2O. The monoisotopic (exact) mass is 431 g/mol. The number of fused-ring (bicyclic) bond motifs is 1. The lowest BCUT2D eigenvalue weighted by Gasteiger charge is -2.35. The number of aliphatic hydroxyl groups excluding tert-OH is 1. The summed E-state index contributed by atoms with van der Waals surface area (Å²) in [6.45, 7) is 7.53. The molecule has 2 aromatic rings. The molecule has 1 fully saturated rings. The number of aryl methyl sites for hydroxylation is 2. The van der Waals surface area contributed by atoms with Gasteiger partial charge in [0.25, 0.3) is 0 Å². The normalized spacial score (nSPS) is 23.6. The highest BCUT2D eigenvalue weighted by molar-refractivity contribution is 6.36. The summed E-state index contributed by atoms with van der Waals surface area (Å²) in [7, 11) is 0. The van der Waals surface area contributed by atoms with Crippen LogP contribution in [-0.4, -0.2) is 29.6 Å². The fraction of sp³-hybridized carbons (Fsp3) is 0.520. The molecule has 2 nitrogen and oxygen atoms in total. The molecule has 0 amide bonds. The van der Waals surface area contributed by atoms with Crippen molar-refractivity contribution in [3.8, 4) is 0 Å². The van der Waals surface area contributed by atoms with Crippen LogP contribution in [0.2, 0.25) is 10.0 Å². The molecule has 2 unspecified atom stereocenters. The van der Waals surface area contributed by atoms with Crippen molar-refractivity contribution >= 4 is 23.2 Å². The lowest BCUT2D eigenvalue weighted by atomic mass is 9.88. The summed E-state index contributed by atoms with van der Waals surface area (Å²) >= 11 is 12.9. The van der Waals surface area contributed by atoms with Gasteiger partial charge in [0.2, 0.25) is 0 Å². The minimum absolute atomic E-state index is 0.336. The van der Waals surface area contributed by atoms with Crippen LogP contribution in [0.25, 0.3) is 0 Å². The third-order valence-corrected chi connectivity index (χ3v) is 7.67. The van der Waals surface area contributed by atoms with Gasteiger partial charge in [0.05, 0.1) is 6.10 Å². The minimum atomic E-state index is -0.336. The number of benzene rings is 2. The Morgan fingerprint density at radius 3 is 2.28 bits per heavy atom. The van der Waals surface area contributed by atoms with Crippen LogP contribution in [0.3, 0.4) is 0 Å². The van der Waals surface area contributed by atoms with Crippen LogP contribution in [0.15, 0.2) is 30.3 Å². The van der Waals surface area contributed by atoms with Crippen LogP contribution in [0.5, 0.6) is 0 Å². The van der Waals surface area contributed by atoms with Crippen molar-refractivity contribution in [2.75, 3.05) is 19.6 Å². The van der Waals surface area contributed by atoms with Crippen LogP contribution < -0.4 is 0 Å². The fourth-order valence-corrected chi connectivity index (χ4v) is 6.13. The molecule has 156 valence electrons. The second-order valence-electron chi connectivity index (χ2n) is 8.96. The first-order valence-corrected chi connectivity index (χ1v) is 11.6. The molecule has 29 heavy (non-hydrogen) atoms. The van der Waals surface area contributed by atoms with Gasteiger partial charge in [-0.25, -0.2) is 0 Å². The summed E-state index contributed by atoms with van der Waals surface area (Å²) in [5.41, 5.74) is 6.26. The van der Waals surface area contributed by atoms with Crippen LogP contribution in [-0.2, 0) is 6.42 Å². The first-order chi connectivity index (χ1) is 13.9. The molecule has 4 heteroatoms. The van der Waals surface area contributed by atoms with Crippen molar-refractivity contribution in [2.24, 2.45) is 5.92 Å². The zero-order valence-corrected chi connectivity index (χ0v) is 18.9. The molecular formula is C25H31Cl2NO. The van der Waals surface area contributed by atoms with E-state index < -0.39 is 0 Å². The molecule has 0 bridgehead atoms. The van der Waals surface area contributed by atoms with Gasteiger partial charge in [-0.3, -0.25) is 0 Å². The van der Waals surface area contributed by atoms with Gasteiger partial charge in [-0.15, -0.1) is 0 Å². The van der Waals surface area contributed by atoms with Crippen molar-refractivity contribution in [3.63, 3.8) is 0 Å². The van der Waals surface area contributed by atoms with Crippen molar-refractivity contribution < 1.29 is 5.11 Å². The highest BCUT2D eigenvalue weighted by Gasteiger charge is 2.29. The van der Waals surface area contributed by atoms with E-state index in [4.69, 9.17) is 23.2 Å². The average molecular weight is 432 g/mol. The Morgan fingerprint density at radius 2 is 1.59 bits per heavy atom. The smallest absolute Gasteiger partial charge is 0.0798 e. The molecule has 0 aromatic heterocycles. The molecule has 1 aliphatic heterocycles. The summed E-state index contributed by atoms with van der Waals surface area (Å²) in [5, 5.41) is 12.5. The van der Waals surface area contributed by atoms with Gasteiger partial charge in [0, 0.05) is 16.6 Å². The molecular weight excluding hydrogens is 401 g/mol. The second-order valence-corrected chi connectivity index (χ2v) is 9.77. The standard InChI is InChI=1S/C25H31Cl2NO/c1-16-6-7-17(2)24-20(16)9-8-18(14-23(24)29)15-28-12-10-19(11-13-28)25-21(26)4-3-5-22(25)27/h3-7,18-19,23,29H,8-15H2,1-2H3. The van der Waals surface area contributed by atoms with E-state index in [1.54, 1.807) is 0 Å². The molecule has 1 heterocycles. The average Bonchev–Trinajstić information content (AvgIpc) is 2.85. The highest BCUT2D eigenvalue weighted by Crippen LogP contribution is 2.39. The first kappa shape index (κ1) is 21.2. The quantitative estimate of drug-likeness (QED) is 0.562. The fourth-order valence-electron chi connectivity index (χ4n) is 5.42. The lowest BCUT2D eigenvalue weighted by Crippen LogP contribution is -2.37. The van der Waals surface area contributed by atoms with Gasteiger partial charge < -0.3 is 10.0 Å². The van der Waals surface area contributed by atoms with Crippen molar-refractivity contribution in [1.29, 1.82) is 0 Å². The molecule has 0 spiro atoms. The van der Waals surface area contributed by atoms with Gasteiger partial charge in [0.15, 0.2) is 0 Å². The summed E-state index contributed by atoms with van der Waals surface area (Å²) in [6.07, 6.45) is 4.96. The number of halogens is 2. The van der Waals surface area contributed by atoms with E-state index in [0.717, 1.165) is 67.3 Å². The van der Waals surface area contributed by atoms with E-state index in [1.807, 2.05) is 18.2 Å². The van der Waals surface area contributed by atoms with E-state index in [0.29, 0.717) is 11.8 Å². The van der Waals surface area contributed by atoms with Crippen molar-refractivity contribution in [2.45, 2.75) is 58.0 Å². The van der Waals surface area contributed by atoms with E-state index in [-0.39, 0.29) is 6.10 Å². The highest BCUT2D eigenvalue weighted by atomic mass is 35.5. The Labute approximate surface area is 184 Å². The third-order valence-electron chi connectivity index (χ3n) is 7.01. The maximum atomic E-state index is 11.0. The van der Waals surface area contributed by atoms with E-state index in [1.165, 1.54) is 22.3 Å². The van der Waals surface area contributed by atoms with Crippen LogP contribution >= 0.6 is 23.2 Å². The molecule has 2 aromatic carbocycles. The van der Waals surface area contributed by atoms with Crippen molar-refractivity contribution in [1.82, 2.24) is 4.90 Å². The third kappa shape index (κ3) is 4.51. The Kier molecular flexibility index (Phi) is 6.56. The maximum absolute atomic E-state index is 11.0. The van der Waals surface area contributed by atoms with Crippen LogP contribution in [0.4, 0.5) is 0 Å². The predicted octanol–water partition coefficient (Wildman–Crippen LogP) is 6.48. The van der Waals surface area contributed by atoms with Crippen molar-refractivity contribution in [3.05, 3.63) is 68.2 Å². The van der Waals surface area contributed by atoms with E-state index in [2.05, 4.69) is 30.9 Å². The van der Waals surface area contributed by atoms with Gasteiger partial charge >= 0.3 is 0 Å². The van der Waals surface area contributed by atoms with E-state index >= 15 is 0 Å². The Bertz CT molecular complexity index is 853. The zero-order chi connectivity index (χ0) is 20.5. The Hall–Kier alpha value is -1.06. The maximum Gasteiger partial charge on any atom is 0.0798 e. The van der Waals surface area contributed by atoms with Gasteiger partial charge in [-0.05, 0) is 111 Å². The molecule has 0 saturated carbocycles. The summed E-state index contributed by atoms with van der Waals surface area (Å²) < 4.78 is 0. The number of piperidine rings is 1. The van der Waals surface area contributed by atoms with Gasteiger partial charge in [0.1, 0.15) is 0 Å². The minimum Gasteiger partial charge on any atom is -0.388 e. The largest absolute Gasteiger partial charge is 0.388 e. The molecule has 2 aliphatic rings. The summed E-state index contributed by atoms with van der Waals surface area (Å²) in [4.78, 5) is 2.58. The number of hydrogen-bond donors (Lipinski definition) is 1. The van der Waals surface area contributed by atoms with Crippen LogP contribution in [0, 0.1) is 19.8 Å². The topological polar surface area (TPSA) is 23.5 Å². The van der Waals surface area contributed by atoms with Gasteiger partial charge in [-0.2, -0.15) is 0 Å².